The Morgan fingerprint density at radius 1 is 1.31 bits per heavy atom. The van der Waals surface area contributed by atoms with E-state index in [1.165, 1.54) is 12.3 Å². The molecule has 1 atom stereocenters. The van der Waals surface area contributed by atoms with E-state index >= 15 is 0 Å². The summed E-state index contributed by atoms with van der Waals surface area (Å²) in [4.78, 5) is 19.0. The highest BCUT2D eigenvalue weighted by Gasteiger charge is 2.37. The van der Waals surface area contributed by atoms with E-state index in [2.05, 4.69) is 24.1 Å². The minimum absolute atomic E-state index is 0.154. The number of carbonyl (C=O) groups is 1. The van der Waals surface area contributed by atoms with E-state index in [0.717, 1.165) is 0 Å². The number of fused-ring (bicyclic) bond motifs is 1. The third-order valence-electron chi connectivity index (χ3n) is 5.36. The average Bonchev–Trinajstić information content (AvgIpc) is 2.62. The van der Waals surface area contributed by atoms with Gasteiger partial charge in [-0.15, -0.1) is 0 Å². The number of nitrogens with one attached hydrogen (secondary N) is 1. The molecule has 1 fully saturated rings. The number of hydrogen-bond donors (Lipinski definition) is 1. The Bertz CT molecular complexity index is 877. The lowest BCUT2D eigenvalue weighted by Crippen LogP contribution is -2.56. The van der Waals surface area contributed by atoms with Gasteiger partial charge in [-0.2, -0.15) is 0 Å². The van der Waals surface area contributed by atoms with Crippen molar-refractivity contribution < 1.29 is 18.0 Å². The standard InChI is InChI=1S/C22H28F3N3O/c1-15(2)12-21(3,14-28-9-7-22(24,25)8-10-28)27-20(29)17-11-16-5-4-6-18(23)19(16)26-13-17/h4-6,11,13,15H,7-10,12,14H2,1-3H3,(H,27,29). The molecule has 0 saturated carbocycles. The van der Waals surface area contributed by atoms with Gasteiger partial charge in [0, 0.05) is 44.1 Å². The van der Waals surface area contributed by atoms with E-state index in [9.17, 15) is 18.0 Å². The van der Waals surface area contributed by atoms with Gasteiger partial charge < -0.3 is 10.2 Å². The molecule has 0 aliphatic carbocycles. The van der Waals surface area contributed by atoms with Crippen LogP contribution in [0, 0.1) is 11.7 Å². The molecule has 4 nitrogen and oxygen atoms in total. The van der Waals surface area contributed by atoms with Crippen LogP contribution in [0.25, 0.3) is 10.9 Å². The molecule has 1 aromatic heterocycles. The molecule has 29 heavy (non-hydrogen) atoms. The molecule has 7 heteroatoms. The van der Waals surface area contributed by atoms with Crippen LogP contribution in [0.2, 0.25) is 0 Å². The van der Waals surface area contributed by atoms with Gasteiger partial charge in [-0.05, 0) is 31.4 Å². The number of benzene rings is 1. The van der Waals surface area contributed by atoms with Crippen molar-refractivity contribution in [2.24, 2.45) is 5.92 Å². The number of para-hydroxylation sites is 1. The molecule has 1 aromatic carbocycles. The highest BCUT2D eigenvalue weighted by Crippen LogP contribution is 2.29. The Balaban J connectivity index is 1.76. The smallest absolute Gasteiger partial charge is 0.253 e. The van der Waals surface area contributed by atoms with Gasteiger partial charge in [0.15, 0.2) is 0 Å². The van der Waals surface area contributed by atoms with Gasteiger partial charge >= 0.3 is 0 Å². The van der Waals surface area contributed by atoms with Crippen molar-refractivity contribution >= 4 is 16.8 Å². The average molecular weight is 407 g/mol. The summed E-state index contributed by atoms with van der Waals surface area (Å²) in [6.45, 7) is 7.21. The molecule has 2 heterocycles. The largest absolute Gasteiger partial charge is 0.346 e. The monoisotopic (exact) mass is 407 g/mol. The van der Waals surface area contributed by atoms with Gasteiger partial charge in [-0.1, -0.05) is 26.0 Å². The number of likely N-dealkylation sites (tertiary alicyclic amines) is 1. The van der Waals surface area contributed by atoms with Crippen LogP contribution in [-0.2, 0) is 0 Å². The molecule has 1 aliphatic rings. The van der Waals surface area contributed by atoms with Gasteiger partial charge in [0.05, 0.1) is 11.1 Å². The van der Waals surface area contributed by atoms with Gasteiger partial charge in [0.2, 0.25) is 0 Å². The number of pyridine rings is 1. The summed E-state index contributed by atoms with van der Waals surface area (Å²) in [5, 5.41) is 3.64. The summed E-state index contributed by atoms with van der Waals surface area (Å²) in [7, 11) is 0. The van der Waals surface area contributed by atoms with E-state index in [0.29, 0.717) is 42.9 Å². The molecule has 1 amide bonds. The number of aromatic nitrogens is 1. The Morgan fingerprint density at radius 2 is 2.00 bits per heavy atom. The van der Waals surface area contributed by atoms with Crippen molar-refractivity contribution in [2.45, 2.75) is 51.5 Å². The van der Waals surface area contributed by atoms with Crippen LogP contribution in [-0.4, -0.2) is 46.9 Å². The molecule has 0 radical (unpaired) electrons. The molecule has 0 bridgehead atoms. The second kappa shape index (κ2) is 8.30. The number of halogens is 3. The SMILES string of the molecule is CC(C)CC(C)(CN1CCC(F)(F)CC1)NC(=O)c1cnc2c(F)cccc2c1. The molecule has 1 saturated heterocycles. The van der Waals surface area contributed by atoms with Crippen LogP contribution in [0.3, 0.4) is 0 Å². The number of amides is 1. The summed E-state index contributed by atoms with van der Waals surface area (Å²) >= 11 is 0. The van der Waals surface area contributed by atoms with Crippen molar-refractivity contribution in [2.75, 3.05) is 19.6 Å². The number of piperidine rings is 1. The lowest BCUT2D eigenvalue weighted by atomic mass is 9.89. The van der Waals surface area contributed by atoms with Gasteiger partial charge in [-0.25, -0.2) is 13.2 Å². The zero-order valence-corrected chi connectivity index (χ0v) is 17.1. The van der Waals surface area contributed by atoms with Gasteiger partial charge in [0.25, 0.3) is 11.8 Å². The van der Waals surface area contributed by atoms with E-state index in [-0.39, 0.29) is 24.3 Å². The molecule has 1 unspecified atom stereocenters. The van der Waals surface area contributed by atoms with Crippen molar-refractivity contribution in [1.29, 1.82) is 0 Å². The normalized spacial score (nSPS) is 19.3. The van der Waals surface area contributed by atoms with E-state index < -0.39 is 17.3 Å². The zero-order valence-electron chi connectivity index (χ0n) is 17.1. The molecule has 0 spiro atoms. The first-order chi connectivity index (χ1) is 13.6. The van der Waals surface area contributed by atoms with Crippen molar-refractivity contribution in [3.8, 4) is 0 Å². The van der Waals surface area contributed by atoms with Crippen LogP contribution in [0.4, 0.5) is 13.2 Å². The summed E-state index contributed by atoms with van der Waals surface area (Å²) in [6, 6.07) is 6.24. The Morgan fingerprint density at radius 3 is 2.66 bits per heavy atom. The van der Waals surface area contributed by atoms with Crippen LogP contribution < -0.4 is 5.32 Å². The zero-order chi connectivity index (χ0) is 21.2. The molecule has 2 aromatic rings. The molecule has 158 valence electrons. The van der Waals surface area contributed by atoms with Crippen LogP contribution in [0.5, 0.6) is 0 Å². The Hall–Kier alpha value is -2.15. The maximum absolute atomic E-state index is 13.8. The molecular formula is C22H28F3N3O. The first-order valence-electron chi connectivity index (χ1n) is 10.0. The third-order valence-corrected chi connectivity index (χ3v) is 5.36. The van der Waals surface area contributed by atoms with E-state index in [1.54, 1.807) is 18.2 Å². The first kappa shape index (κ1) is 21.6. The number of nitrogens with zero attached hydrogens (tertiary/aromatic N) is 2. The van der Waals surface area contributed by atoms with Crippen LogP contribution >= 0.6 is 0 Å². The van der Waals surface area contributed by atoms with Crippen molar-refractivity contribution in [1.82, 2.24) is 15.2 Å². The summed E-state index contributed by atoms with van der Waals surface area (Å²) in [5.74, 6) is -3.01. The summed E-state index contributed by atoms with van der Waals surface area (Å²) in [6.07, 6.45) is 1.77. The summed E-state index contributed by atoms with van der Waals surface area (Å²) in [5.41, 5.74) is 0.000827. The maximum atomic E-state index is 13.8. The number of hydrogen-bond acceptors (Lipinski definition) is 3. The quantitative estimate of drug-likeness (QED) is 0.759. The number of alkyl halides is 2. The molecule has 3 rings (SSSR count). The molecule has 1 N–H and O–H groups in total. The lowest BCUT2D eigenvalue weighted by molar-refractivity contribution is -0.0592. The van der Waals surface area contributed by atoms with Crippen molar-refractivity contribution in [3.63, 3.8) is 0 Å². The second-order valence-electron chi connectivity index (χ2n) is 8.78. The van der Waals surface area contributed by atoms with Gasteiger partial charge in [-0.3, -0.25) is 9.78 Å². The summed E-state index contributed by atoms with van der Waals surface area (Å²) < 4.78 is 40.8. The molecule has 1 aliphatic heterocycles. The Labute approximate surface area is 169 Å². The first-order valence-corrected chi connectivity index (χ1v) is 10.0. The minimum Gasteiger partial charge on any atom is -0.346 e. The number of carbonyl (C=O) groups excluding carboxylic acids is 1. The number of rotatable bonds is 6. The predicted octanol–water partition coefficient (Wildman–Crippen LogP) is 4.64. The van der Waals surface area contributed by atoms with Crippen LogP contribution in [0.1, 0.15) is 50.4 Å². The Kier molecular flexibility index (Phi) is 6.17. The highest BCUT2D eigenvalue weighted by atomic mass is 19.3. The van der Waals surface area contributed by atoms with E-state index in [4.69, 9.17) is 0 Å². The highest BCUT2D eigenvalue weighted by molar-refractivity contribution is 5.97. The van der Waals surface area contributed by atoms with E-state index in [1.807, 2.05) is 11.8 Å². The predicted molar refractivity (Wildman–Crippen MR) is 108 cm³/mol. The minimum atomic E-state index is -2.60. The fourth-order valence-corrected chi connectivity index (χ4v) is 4.18. The maximum Gasteiger partial charge on any atom is 0.253 e. The van der Waals surface area contributed by atoms with Gasteiger partial charge in [0.1, 0.15) is 11.3 Å². The fraction of sp³-hybridized carbons (Fsp3) is 0.545. The molecular weight excluding hydrogens is 379 g/mol. The lowest BCUT2D eigenvalue weighted by Gasteiger charge is -2.40. The topological polar surface area (TPSA) is 45.2 Å². The van der Waals surface area contributed by atoms with Crippen molar-refractivity contribution in [3.05, 3.63) is 41.8 Å². The second-order valence-corrected chi connectivity index (χ2v) is 8.78. The third kappa shape index (κ3) is 5.47. The fourth-order valence-electron chi connectivity index (χ4n) is 4.18. The van der Waals surface area contributed by atoms with Crippen LogP contribution in [0.15, 0.2) is 30.5 Å².